The fourth-order valence-corrected chi connectivity index (χ4v) is 4.45. The molecule has 0 saturated heterocycles. The maximum absolute atomic E-state index is 12.8. The van der Waals surface area contributed by atoms with Gasteiger partial charge in [0.05, 0.1) is 28.7 Å². The number of anilines is 1. The number of benzene rings is 2. The number of aromatic amines is 1. The van der Waals surface area contributed by atoms with Crippen molar-refractivity contribution in [3.8, 4) is 0 Å². The van der Waals surface area contributed by atoms with Crippen LogP contribution in [0.1, 0.15) is 40.3 Å². The average Bonchev–Trinajstić information content (AvgIpc) is 3.01. The van der Waals surface area contributed by atoms with Gasteiger partial charge in [0.25, 0.3) is 15.9 Å². The predicted octanol–water partition coefficient (Wildman–Crippen LogP) is 3.32. The molecule has 0 aliphatic carbocycles. The lowest BCUT2D eigenvalue weighted by Gasteiger charge is -2.17. The summed E-state index contributed by atoms with van der Waals surface area (Å²) in [5.74, 6) is -0.365. The third kappa shape index (κ3) is 4.07. The van der Waals surface area contributed by atoms with Gasteiger partial charge in [-0.1, -0.05) is 42.5 Å². The Morgan fingerprint density at radius 3 is 2.32 bits per heavy atom. The Bertz CT molecular complexity index is 1070. The van der Waals surface area contributed by atoms with Crippen LogP contribution in [0.4, 0.5) is 5.69 Å². The summed E-state index contributed by atoms with van der Waals surface area (Å²) in [6, 6.07) is 15.8. The Morgan fingerprint density at radius 2 is 1.68 bits per heavy atom. The second kappa shape index (κ2) is 7.85. The van der Waals surface area contributed by atoms with Gasteiger partial charge in [-0.25, -0.2) is 8.42 Å². The van der Waals surface area contributed by atoms with Crippen LogP contribution in [-0.2, 0) is 10.0 Å². The number of aromatic nitrogens is 2. The average molecular weight is 398 g/mol. The van der Waals surface area contributed by atoms with Crippen LogP contribution in [0.5, 0.6) is 0 Å². The minimum Gasteiger partial charge on any atom is -0.345 e. The lowest BCUT2D eigenvalue weighted by Crippen LogP contribution is -2.28. The first-order valence-electron chi connectivity index (χ1n) is 8.79. The Morgan fingerprint density at radius 1 is 1.04 bits per heavy atom. The molecule has 3 rings (SSSR count). The zero-order valence-corrected chi connectivity index (χ0v) is 16.7. The topological polar surface area (TPSA) is 104 Å². The van der Waals surface area contributed by atoms with Gasteiger partial charge in [0.2, 0.25) is 0 Å². The summed E-state index contributed by atoms with van der Waals surface area (Å²) in [6.45, 7) is 5.12. The Labute approximate surface area is 164 Å². The summed E-state index contributed by atoms with van der Waals surface area (Å²) < 4.78 is 28.2. The number of carbonyl (C=O) groups is 1. The van der Waals surface area contributed by atoms with E-state index in [4.69, 9.17) is 0 Å². The second-order valence-electron chi connectivity index (χ2n) is 6.52. The van der Waals surface area contributed by atoms with Crippen LogP contribution < -0.4 is 10.0 Å². The van der Waals surface area contributed by atoms with Crippen molar-refractivity contribution in [3.05, 3.63) is 77.1 Å². The summed E-state index contributed by atoms with van der Waals surface area (Å²) in [6.07, 6.45) is 0. The quantitative estimate of drug-likeness (QED) is 0.592. The van der Waals surface area contributed by atoms with E-state index in [0.717, 1.165) is 5.56 Å². The third-order valence-corrected chi connectivity index (χ3v) is 6.02. The van der Waals surface area contributed by atoms with E-state index < -0.39 is 10.0 Å². The van der Waals surface area contributed by atoms with Gasteiger partial charge in [-0.3, -0.25) is 14.6 Å². The van der Waals surface area contributed by atoms with Crippen LogP contribution in [0.2, 0.25) is 0 Å². The molecule has 1 amide bonds. The van der Waals surface area contributed by atoms with Crippen LogP contribution in [0.25, 0.3) is 0 Å². The number of rotatable bonds is 6. The SMILES string of the molecule is Cc1n[nH]c(C)c1S(=O)(=O)Nc1ccccc1C(=O)N[C@@H](C)c1ccccc1. The zero-order chi connectivity index (χ0) is 20.3. The lowest BCUT2D eigenvalue weighted by atomic mass is 10.1. The summed E-state index contributed by atoms with van der Waals surface area (Å²) in [5.41, 5.74) is 2.21. The molecule has 8 heteroatoms. The lowest BCUT2D eigenvalue weighted by molar-refractivity contribution is 0.0941. The van der Waals surface area contributed by atoms with Crippen molar-refractivity contribution in [3.63, 3.8) is 0 Å². The third-order valence-electron chi connectivity index (χ3n) is 4.39. The molecule has 3 N–H and O–H groups in total. The summed E-state index contributed by atoms with van der Waals surface area (Å²) in [7, 11) is -3.89. The molecule has 0 radical (unpaired) electrons. The Hall–Kier alpha value is -3.13. The number of hydrogen-bond acceptors (Lipinski definition) is 4. The number of H-pyrrole nitrogens is 1. The van der Waals surface area contributed by atoms with E-state index in [-0.39, 0.29) is 28.1 Å². The minimum absolute atomic E-state index is 0.0837. The first-order valence-corrected chi connectivity index (χ1v) is 10.3. The number of para-hydroxylation sites is 1. The molecule has 1 atom stereocenters. The number of sulfonamides is 1. The smallest absolute Gasteiger partial charge is 0.265 e. The second-order valence-corrected chi connectivity index (χ2v) is 8.14. The van der Waals surface area contributed by atoms with Crippen molar-refractivity contribution in [2.24, 2.45) is 0 Å². The van der Waals surface area contributed by atoms with Gasteiger partial charge in [0.1, 0.15) is 4.90 Å². The van der Waals surface area contributed by atoms with Crippen LogP contribution in [0, 0.1) is 13.8 Å². The molecule has 1 aromatic heterocycles. The van der Waals surface area contributed by atoms with Crippen molar-refractivity contribution < 1.29 is 13.2 Å². The largest absolute Gasteiger partial charge is 0.345 e. The van der Waals surface area contributed by atoms with E-state index in [1.165, 1.54) is 0 Å². The maximum Gasteiger partial charge on any atom is 0.265 e. The molecule has 7 nitrogen and oxygen atoms in total. The van der Waals surface area contributed by atoms with E-state index in [1.54, 1.807) is 38.1 Å². The summed E-state index contributed by atoms with van der Waals surface area (Å²) in [5, 5.41) is 9.50. The molecular formula is C20H22N4O3S. The van der Waals surface area contributed by atoms with Crippen LogP contribution >= 0.6 is 0 Å². The number of nitrogens with zero attached hydrogens (tertiary/aromatic N) is 1. The first-order chi connectivity index (χ1) is 13.3. The molecule has 0 fully saturated rings. The van der Waals surface area contributed by atoms with Crippen molar-refractivity contribution in [1.82, 2.24) is 15.5 Å². The molecule has 2 aromatic carbocycles. The molecule has 0 spiro atoms. The molecule has 0 saturated carbocycles. The molecule has 0 bridgehead atoms. The summed E-state index contributed by atoms with van der Waals surface area (Å²) in [4.78, 5) is 12.9. The summed E-state index contributed by atoms with van der Waals surface area (Å²) >= 11 is 0. The molecule has 146 valence electrons. The van der Waals surface area contributed by atoms with Gasteiger partial charge in [0.15, 0.2) is 0 Å². The molecule has 28 heavy (non-hydrogen) atoms. The number of carbonyl (C=O) groups excluding carboxylic acids is 1. The maximum atomic E-state index is 12.8. The molecule has 3 aromatic rings. The van der Waals surface area contributed by atoms with E-state index in [0.29, 0.717) is 11.4 Å². The van der Waals surface area contributed by atoms with Gasteiger partial charge < -0.3 is 5.32 Å². The van der Waals surface area contributed by atoms with E-state index in [9.17, 15) is 13.2 Å². The Balaban J connectivity index is 1.86. The minimum atomic E-state index is -3.89. The highest BCUT2D eigenvalue weighted by Gasteiger charge is 2.24. The van der Waals surface area contributed by atoms with Gasteiger partial charge in [0, 0.05) is 0 Å². The van der Waals surface area contributed by atoms with E-state index in [2.05, 4.69) is 20.2 Å². The molecule has 1 heterocycles. The van der Waals surface area contributed by atoms with Gasteiger partial charge >= 0.3 is 0 Å². The number of amides is 1. The van der Waals surface area contributed by atoms with Crippen molar-refractivity contribution in [2.75, 3.05) is 4.72 Å². The van der Waals surface area contributed by atoms with Crippen LogP contribution in [0.3, 0.4) is 0 Å². The van der Waals surface area contributed by atoms with Crippen LogP contribution in [0.15, 0.2) is 59.5 Å². The molecule has 0 aliphatic rings. The van der Waals surface area contributed by atoms with Crippen LogP contribution in [-0.4, -0.2) is 24.5 Å². The van der Waals surface area contributed by atoms with Crippen molar-refractivity contribution >= 4 is 21.6 Å². The van der Waals surface area contributed by atoms with Gasteiger partial charge in [-0.2, -0.15) is 5.10 Å². The fraction of sp³-hybridized carbons (Fsp3) is 0.200. The number of nitrogens with one attached hydrogen (secondary N) is 3. The normalized spacial score (nSPS) is 12.4. The van der Waals surface area contributed by atoms with E-state index in [1.807, 2.05) is 37.3 Å². The fourth-order valence-electron chi connectivity index (χ4n) is 3.00. The number of aryl methyl sites for hydroxylation is 2. The predicted molar refractivity (Wildman–Crippen MR) is 108 cm³/mol. The highest BCUT2D eigenvalue weighted by atomic mass is 32.2. The van der Waals surface area contributed by atoms with Crippen molar-refractivity contribution in [1.29, 1.82) is 0 Å². The standard InChI is InChI=1S/C20H22N4O3S/c1-13(16-9-5-4-6-10-16)21-20(25)17-11-7-8-12-18(17)24-28(26,27)19-14(2)22-23-15(19)3/h4-13,24H,1-3H3,(H,21,25)(H,22,23)/t13-/m0/s1. The highest BCUT2D eigenvalue weighted by molar-refractivity contribution is 7.92. The first kappa shape index (κ1) is 19.6. The number of hydrogen-bond donors (Lipinski definition) is 3. The van der Waals surface area contributed by atoms with Gasteiger partial charge in [-0.05, 0) is 38.5 Å². The van der Waals surface area contributed by atoms with Crippen molar-refractivity contribution in [2.45, 2.75) is 31.7 Å². The Kier molecular flexibility index (Phi) is 5.51. The van der Waals surface area contributed by atoms with Gasteiger partial charge in [-0.15, -0.1) is 0 Å². The molecule has 0 unspecified atom stereocenters. The highest BCUT2D eigenvalue weighted by Crippen LogP contribution is 2.24. The molecule has 0 aliphatic heterocycles. The van der Waals surface area contributed by atoms with E-state index >= 15 is 0 Å². The molecular weight excluding hydrogens is 376 g/mol. The monoisotopic (exact) mass is 398 g/mol. The zero-order valence-electron chi connectivity index (χ0n) is 15.9.